The summed E-state index contributed by atoms with van der Waals surface area (Å²) in [6, 6.07) is 0. The maximum Gasteiger partial charge on any atom is 0.254 e. The summed E-state index contributed by atoms with van der Waals surface area (Å²) in [5.41, 5.74) is 0. The average molecular weight is 259 g/mol. The normalized spacial score (nSPS) is 12.9. The van der Waals surface area contributed by atoms with Crippen LogP contribution in [-0.4, -0.2) is 49.2 Å². The number of carbonyl (C=O) groups excluding carboxylic acids is 4. The molecule has 1 heterocycles. The Bertz CT molecular complexity index is 362. The van der Waals surface area contributed by atoms with Crippen molar-refractivity contribution in [1.29, 1.82) is 0 Å². The van der Waals surface area contributed by atoms with Gasteiger partial charge in [-0.2, -0.15) is 0 Å². The second-order valence-corrected chi connectivity index (χ2v) is 3.30. The molecule has 0 spiro atoms. The SMILES string of the molecule is CCC(=O)NC.CNC(=O)CN1C(=O)C=CC1=O.[HH].[HH]. The van der Waals surface area contributed by atoms with Crippen molar-refractivity contribution >= 4 is 23.6 Å². The van der Waals surface area contributed by atoms with Gasteiger partial charge in [0.05, 0.1) is 0 Å². The van der Waals surface area contributed by atoms with Crippen LogP contribution >= 0.6 is 0 Å². The number of hydrogen-bond donors (Lipinski definition) is 2. The molecule has 1 rings (SSSR count). The minimum Gasteiger partial charge on any atom is -0.359 e. The summed E-state index contributed by atoms with van der Waals surface area (Å²) in [7, 11) is 3.08. The second-order valence-electron chi connectivity index (χ2n) is 3.30. The zero-order chi connectivity index (χ0) is 14.1. The van der Waals surface area contributed by atoms with Crippen molar-refractivity contribution < 1.29 is 22.0 Å². The van der Waals surface area contributed by atoms with Gasteiger partial charge in [0.1, 0.15) is 6.54 Å². The second kappa shape index (κ2) is 7.99. The van der Waals surface area contributed by atoms with Gasteiger partial charge in [-0.05, 0) is 0 Å². The molecule has 1 aliphatic heterocycles. The van der Waals surface area contributed by atoms with Gasteiger partial charge in [0.2, 0.25) is 11.8 Å². The quantitative estimate of drug-likeness (QED) is 0.655. The largest absolute Gasteiger partial charge is 0.359 e. The molecule has 0 saturated carbocycles. The molecule has 0 unspecified atom stereocenters. The lowest BCUT2D eigenvalue weighted by Crippen LogP contribution is -2.39. The van der Waals surface area contributed by atoms with Gasteiger partial charge in [-0.3, -0.25) is 24.1 Å². The third kappa shape index (κ3) is 5.24. The number of rotatable bonds is 3. The van der Waals surface area contributed by atoms with Crippen molar-refractivity contribution in [2.45, 2.75) is 13.3 Å². The molecule has 0 saturated heterocycles. The third-order valence-electron chi connectivity index (χ3n) is 2.08. The van der Waals surface area contributed by atoms with E-state index in [1.165, 1.54) is 7.05 Å². The highest BCUT2D eigenvalue weighted by Gasteiger charge is 2.24. The molecule has 104 valence electrons. The van der Waals surface area contributed by atoms with Gasteiger partial charge in [0, 0.05) is 35.5 Å². The van der Waals surface area contributed by atoms with Gasteiger partial charge in [-0.15, -0.1) is 0 Å². The van der Waals surface area contributed by atoms with Gasteiger partial charge in [-0.25, -0.2) is 0 Å². The van der Waals surface area contributed by atoms with E-state index in [1.807, 2.05) is 6.92 Å². The number of hydrogen-bond acceptors (Lipinski definition) is 4. The molecule has 7 nitrogen and oxygen atoms in total. The zero-order valence-corrected chi connectivity index (χ0v) is 10.6. The lowest BCUT2D eigenvalue weighted by molar-refractivity contribution is -0.140. The van der Waals surface area contributed by atoms with Crippen LogP contribution in [0.3, 0.4) is 0 Å². The fourth-order valence-corrected chi connectivity index (χ4v) is 0.986. The van der Waals surface area contributed by atoms with Crippen molar-refractivity contribution in [1.82, 2.24) is 15.5 Å². The fourth-order valence-electron chi connectivity index (χ4n) is 0.986. The van der Waals surface area contributed by atoms with E-state index in [-0.39, 0.29) is 21.2 Å². The first kappa shape index (κ1) is 15.8. The maximum atomic E-state index is 10.9. The smallest absolute Gasteiger partial charge is 0.254 e. The van der Waals surface area contributed by atoms with Gasteiger partial charge < -0.3 is 10.6 Å². The molecule has 0 atom stereocenters. The Morgan fingerprint density at radius 2 is 1.56 bits per heavy atom. The molecule has 0 aliphatic carbocycles. The number of likely N-dealkylation sites (N-methyl/N-ethyl adjacent to an activating group) is 1. The Balaban J connectivity index is -0.000000316. The van der Waals surface area contributed by atoms with Crippen LogP contribution in [0.4, 0.5) is 0 Å². The Labute approximate surface area is 108 Å². The summed E-state index contributed by atoms with van der Waals surface area (Å²) in [5, 5.41) is 4.80. The molecule has 1 aliphatic rings. The van der Waals surface area contributed by atoms with E-state index < -0.39 is 11.8 Å². The standard InChI is InChI=1S/C7H8N2O3.C4H9NO.2H2/c1-8-5(10)4-9-6(11)2-3-7(9)12;1-3-4(6)5-2;;/h2-3H,4H2,1H3,(H,8,10);3H2,1-2H3,(H,5,6);2*1H. The predicted molar refractivity (Wildman–Crippen MR) is 68.5 cm³/mol. The fraction of sp³-hybridized carbons (Fsp3) is 0.455. The average Bonchev–Trinajstić information content (AvgIpc) is 2.70. The van der Waals surface area contributed by atoms with E-state index in [0.29, 0.717) is 6.42 Å². The summed E-state index contributed by atoms with van der Waals surface area (Å²) in [4.78, 5) is 43.5. The highest BCUT2D eigenvalue weighted by molar-refractivity contribution is 6.14. The summed E-state index contributed by atoms with van der Waals surface area (Å²) < 4.78 is 0. The third-order valence-corrected chi connectivity index (χ3v) is 2.08. The number of imide groups is 1. The van der Waals surface area contributed by atoms with Gasteiger partial charge in [0.25, 0.3) is 11.8 Å². The lowest BCUT2D eigenvalue weighted by Gasteiger charge is -2.11. The summed E-state index contributed by atoms with van der Waals surface area (Å²) in [5.74, 6) is -1.15. The maximum absolute atomic E-state index is 10.9. The van der Waals surface area contributed by atoms with Crippen molar-refractivity contribution in [2.24, 2.45) is 0 Å². The van der Waals surface area contributed by atoms with E-state index in [2.05, 4.69) is 10.6 Å². The highest BCUT2D eigenvalue weighted by Crippen LogP contribution is 2.01. The van der Waals surface area contributed by atoms with Crippen LogP contribution in [0.25, 0.3) is 0 Å². The van der Waals surface area contributed by atoms with E-state index >= 15 is 0 Å². The number of amides is 4. The Morgan fingerprint density at radius 1 is 1.11 bits per heavy atom. The topological polar surface area (TPSA) is 95.6 Å². The highest BCUT2D eigenvalue weighted by atomic mass is 16.2. The summed E-state index contributed by atoms with van der Waals surface area (Å²) in [6.07, 6.45) is 2.87. The zero-order valence-electron chi connectivity index (χ0n) is 10.6. The Kier molecular flexibility index (Phi) is 7.02. The molecule has 0 aromatic heterocycles. The molecule has 0 aromatic rings. The molecule has 0 radical (unpaired) electrons. The first-order valence-corrected chi connectivity index (χ1v) is 5.40. The van der Waals surface area contributed by atoms with Gasteiger partial charge in [-0.1, -0.05) is 6.92 Å². The van der Waals surface area contributed by atoms with Crippen molar-refractivity contribution in [2.75, 3.05) is 20.6 Å². The van der Waals surface area contributed by atoms with Crippen molar-refractivity contribution in [3.63, 3.8) is 0 Å². The van der Waals surface area contributed by atoms with Crippen molar-refractivity contribution in [3.8, 4) is 0 Å². The minimum absolute atomic E-state index is 0. The van der Waals surface area contributed by atoms with Crippen LogP contribution in [-0.2, 0) is 19.2 Å². The lowest BCUT2D eigenvalue weighted by atomic mass is 10.5. The molecule has 7 heteroatoms. The van der Waals surface area contributed by atoms with Crippen LogP contribution in [0, 0.1) is 0 Å². The molecular formula is C11H21N3O4. The van der Waals surface area contributed by atoms with Crippen LogP contribution in [0.5, 0.6) is 0 Å². The van der Waals surface area contributed by atoms with Crippen LogP contribution in [0.2, 0.25) is 0 Å². The predicted octanol–water partition coefficient (Wildman–Crippen LogP) is -0.708. The molecule has 4 amide bonds. The molecular weight excluding hydrogens is 238 g/mol. The summed E-state index contributed by atoms with van der Waals surface area (Å²) >= 11 is 0. The van der Waals surface area contributed by atoms with Gasteiger partial charge in [0.15, 0.2) is 0 Å². The Morgan fingerprint density at radius 3 is 1.83 bits per heavy atom. The van der Waals surface area contributed by atoms with Crippen LogP contribution in [0.15, 0.2) is 12.2 Å². The Hall–Kier alpha value is -2.18. The first-order chi connectivity index (χ1) is 8.46. The number of nitrogens with one attached hydrogen (secondary N) is 2. The molecule has 0 fully saturated rings. The molecule has 2 N–H and O–H groups in total. The van der Waals surface area contributed by atoms with E-state index in [1.54, 1.807) is 7.05 Å². The minimum atomic E-state index is -0.441. The van der Waals surface area contributed by atoms with Crippen molar-refractivity contribution in [3.05, 3.63) is 12.2 Å². The van der Waals surface area contributed by atoms with Gasteiger partial charge >= 0.3 is 0 Å². The number of carbonyl (C=O) groups is 4. The van der Waals surface area contributed by atoms with E-state index in [0.717, 1.165) is 17.1 Å². The van der Waals surface area contributed by atoms with Crippen LogP contribution < -0.4 is 10.6 Å². The summed E-state index contributed by atoms with van der Waals surface area (Å²) in [6.45, 7) is 1.61. The van der Waals surface area contributed by atoms with E-state index in [4.69, 9.17) is 0 Å². The van der Waals surface area contributed by atoms with Crippen LogP contribution in [0.1, 0.15) is 16.2 Å². The van der Waals surface area contributed by atoms with E-state index in [9.17, 15) is 19.2 Å². The number of nitrogens with zero attached hydrogens (tertiary/aromatic N) is 1. The monoisotopic (exact) mass is 259 g/mol. The molecule has 18 heavy (non-hydrogen) atoms. The molecule has 0 bridgehead atoms. The molecule has 0 aromatic carbocycles. The first-order valence-electron chi connectivity index (χ1n) is 5.40.